The summed E-state index contributed by atoms with van der Waals surface area (Å²) in [6, 6.07) is 0.416. The molecule has 2 heterocycles. The Hall–Kier alpha value is -0.770. The maximum atomic E-state index is 11.9. The highest BCUT2D eigenvalue weighted by atomic mass is 16.2. The number of hydrogen-bond acceptors (Lipinski definition) is 2. The van der Waals surface area contributed by atoms with Gasteiger partial charge < -0.3 is 15.5 Å². The van der Waals surface area contributed by atoms with Crippen LogP contribution in [0.5, 0.6) is 0 Å². The van der Waals surface area contributed by atoms with E-state index in [4.69, 9.17) is 5.73 Å². The molecule has 0 spiro atoms. The van der Waals surface area contributed by atoms with Crippen LogP contribution in [0.4, 0.5) is 4.79 Å². The molecule has 0 aromatic carbocycles. The lowest BCUT2D eigenvalue weighted by Gasteiger charge is -2.39. The van der Waals surface area contributed by atoms with Crippen molar-refractivity contribution >= 4 is 6.03 Å². The average molecular weight is 197 g/mol. The number of likely N-dealkylation sites (tertiary alicyclic amines) is 2. The Balaban J connectivity index is 1.83. The van der Waals surface area contributed by atoms with Crippen molar-refractivity contribution in [3.05, 3.63) is 0 Å². The summed E-state index contributed by atoms with van der Waals surface area (Å²) in [5.41, 5.74) is 5.65. The minimum atomic E-state index is 0.202. The Kier molecular flexibility index (Phi) is 2.91. The van der Waals surface area contributed by atoms with Gasteiger partial charge in [0.2, 0.25) is 0 Å². The SMILES string of the molecule is NC1CN(C(=O)N2CCCCCC2)C1. The van der Waals surface area contributed by atoms with E-state index in [9.17, 15) is 4.79 Å². The molecule has 2 rings (SSSR count). The van der Waals surface area contributed by atoms with Crippen molar-refractivity contribution in [2.24, 2.45) is 5.73 Å². The van der Waals surface area contributed by atoms with Gasteiger partial charge in [0.25, 0.3) is 0 Å². The second-order valence-electron chi connectivity index (χ2n) is 4.35. The summed E-state index contributed by atoms with van der Waals surface area (Å²) in [7, 11) is 0. The molecule has 0 saturated carbocycles. The first-order chi connectivity index (χ1) is 6.77. The molecule has 2 aliphatic heterocycles. The maximum absolute atomic E-state index is 11.9. The van der Waals surface area contributed by atoms with E-state index < -0.39 is 0 Å². The molecule has 2 aliphatic rings. The van der Waals surface area contributed by atoms with Gasteiger partial charge in [0.1, 0.15) is 0 Å². The van der Waals surface area contributed by atoms with Crippen LogP contribution in [0.25, 0.3) is 0 Å². The number of urea groups is 1. The zero-order valence-electron chi connectivity index (χ0n) is 8.61. The van der Waals surface area contributed by atoms with Crippen LogP contribution in [0, 0.1) is 0 Å². The van der Waals surface area contributed by atoms with E-state index in [1.54, 1.807) is 0 Å². The van der Waals surface area contributed by atoms with Crippen molar-refractivity contribution in [2.45, 2.75) is 31.7 Å². The van der Waals surface area contributed by atoms with Gasteiger partial charge in [-0.05, 0) is 12.8 Å². The molecule has 0 bridgehead atoms. The van der Waals surface area contributed by atoms with Gasteiger partial charge in [-0.3, -0.25) is 0 Å². The number of hydrogen-bond donors (Lipinski definition) is 1. The third-order valence-electron chi connectivity index (χ3n) is 3.06. The van der Waals surface area contributed by atoms with Gasteiger partial charge in [-0.15, -0.1) is 0 Å². The lowest BCUT2D eigenvalue weighted by atomic mass is 10.1. The Bertz CT molecular complexity index is 205. The molecule has 4 nitrogen and oxygen atoms in total. The molecule has 2 N–H and O–H groups in total. The highest BCUT2D eigenvalue weighted by molar-refractivity contribution is 5.75. The molecule has 80 valence electrons. The summed E-state index contributed by atoms with van der Waals surface area (Å²) < 4.78 is 0. The second-order valence-corrected chi connectivity index (χ2v) is 4.35. The number of nitrogens with two attached hydrogens (primary N) is 1. The van der Waals surface area contributed by atoms with Crippen LogP contribution < -0.4 is 5.73 Å². The Morgan fingerprint density at radius 3 is 2.07 bits per heavy atom. The predicted octanol–water partition coefficient (Wildman–Crippen LogP) is 0.625. The van der Waals surface area contributed by atoms with E-state index in [0.717, 1.165) is 39.0 Å². The third kappa shape index (κ3) is 2.00. The minimum absolute atomic E-state index is 0.202. The van der Waals surface area contributed by atoms with E-state index in [-0.39, 0.29) is 12.1 Å². The largest absolute Gasteiger partial charge is 0.325 e. The molecule has 0 aromatic heterocycles. The molecule has 2 fully saturated rings. The van der Waals surface area contributed by atoms with E-state index >= 15 is 0 Å². The summed E-state index contributed by atoms with van der Waals surface area (Å²) in [5, 5.41) is 0. The van der Waals surface area contributed by atoms with Gasteiger partial charge in [0, 0.05) is 32.2 Å². The fourth-order valence-electron chi connectivity index (χ4n) is 2.13. The maximum Gasteiger partial charge on any atom is 0.320 e. The highest BCUT2D eigenvalue weighted by Crippen LogP contribution is 2.14. The van der Waals surface area contributed by atoms with Gasteiger partial charge in [0.15, 0.2) is 0 Å². The Morgan fingerprint density at radius 2 is 1.57 bits per heavy atom. The number of carbonyl (C=O) groups excluding carboxylic acids is 1. The Morgan fingerprint density at radius 1 is 1.00 bits per heavy atom. The topological polar surface area (TPSA) is 49.6 Å². The van der Waals surface area contributed by atoms with Crippen LogP contribution in [0.1, 0.15) is 25.7 Å². The highest BCUT2D eigenvalue weighted by Gasteiger charge is 2.30. The van der Waals surface area contributed by atoms with Crippen molar-refractivity contribution in [2.75, 3.05) is 26.2 Å². The number of carbonyl (C=O) groups is 1. The minimum Gasteiger partial charge on any atom is -0.325 e. The zero-order valence-corrected chi connectivity index (χ0v) is 8.61. The first-order valence-electron chi connectivity index (χ1n) is 5.57. The molecule has 4 heteroatoms. The number of rotatable bonds is 0. The first kappa shape index (κ1) is 9.77. The second kappa shape index (κ2) is 4.17. The molecule has 0 radical (unpaired) electrons. The van der Waals surface area contributed by atoms with Crippen molar-refractivity contribution in [1.82, 2.24) is 9.80 Å². The summed E-state index contributed by atoms with van der Waals surface area (Å²) in [4.78, 5) is 15.7. The summed E-state index contributed by atoms with van der Waals surface area (Å²) in [6.07, 6.45) is 4.85. The van der Waals surface area contributed by atoms with Crippen molar-refractivity contribution in [3.63, 3.8) is 0 Å². The standard InChI is InChI=1S/C10H19N3O/c11-9-7-13(8-9)10(14)12-5-3-1-2-4-6-12/h9H,1-8,11H2. The summed E-state index contributed by atoms with van der Waals surface area (Å²) in [5.74, 6) is 0. The van der Waals surface area contributed by atoms with E-state index in [0.29, 0.717) is 0 Å². The fourth-order valence-corrected chi connectivity index (χ4v) is 2.13. The van der Waals surface area contributed by atoms with Gasteiger partial charge >= 0.3 is 6.03 Å². The quantitative estimate of drug-likeness (QED) is 0.619. The van der Waals surface area contributed by atoms with Crippen LogP contribution in [0.2, 0.25) is 0 Å². The van der Waals surface area contributed by atoms with E-state index in [1.165, 1.54) is 12.8 Å². The van der Waals surface area contributed by atoms with Crippen LogP contribution in [0.15, 0.2) is 0 Å². The molecule has 0 aromatic rings. The normalized spacial score (nSPS) is 24.4. The van der Waals surface area contributed by atoms with Crippen molar-refractivity contribution in [1.29, 1.82) is 0 Å². The van der Waals surface area contributed by atoms with Gasteiger partial charge in [-0.2, -0.15) is 0 Å². The lowest BCUT2D eigenvalue weighted by Crippen LogP contribution is -2.61. The molecular formula is C10H19N3O. The van der Waals surface area contributed by atoms with Crippen molar-refractivity contribution in [3.8, 4) is 0 Å². The smallest absolute Gasteiger partial charge is 0.320 e. The van der Waals surface area contributed by atoms with Gasteiger partial charge in [-0.1, -0.05) is 12.8 Å². The molecule has 14 heavy (non-hydrogen) atoms. The monoisotopic (exact) mass is 197 g/mol. The van der Waals surface area contributed by atoms with Crippen LogP contribution in [0.3, 0.4) is 0 Å². The predicted molar refractivity (Wildman–Crippen MR) is 55.0 cm³/mol. The van der Waals surface area contributed by atoms with Gasteiger partial charge in [-0.25, -0.2) is 4.79 Å². The molecule has 2 saturated heterocycles. The molecule has 2 amide bonds. The molecule has 0 unspecified atom stereocenters. The number of amides is 2. The van der Waals surface area contributed by atoms with Crippen LogP contribution in [-0.2, 0) is 0 Å². The molecule has 0 aliphatic carbocycles. The summed E-state index contributed by atoms with van der Waals surface area (Å²) >= 11 is 0. The fraction of sp³-hybridized carbons (Fsp3) is 0.900. The molecule has 0 atom stereocenters. The van der Waals surface area contributed by atoms with Crippen LogP contribution >= 0.6 is 0 Å². The van der Waals surface area contributed by atoms with Crippen molar-refractivity contribution < 1.29 is 4.79 Å². The van der Waals surface area contributed by atoms with E-state index in [2.05, 4.69) is 0 Å². The Labute approximate surface area is 85.0 Å². The lowest BCUT2D eigenvalue weighted by molar-refractivity contribution is 0.116. The van der Waals surface area contributed by atoms with E-state index in [1.807, 2.05) is 9.80 Å². The third-order valence-corrected chi connectivity index (χ3v) is 3.06. The average Bonchev–Trinajstić information content (AvgIpc) is 2.40. The number of nitrogens with zero attached hydrogens (tertiary/aromatic N) is 2. The zero-order chi connectivity index (χ0) is 9.97. The first-order valence-corrected chi connectivity index (χ1v) is 5.57. The summed E-state index contributed by atoms with van der Waals surface area (Å²) in [6.45, 7) is 3.36. The van der Waals surface area contributed by atoms with Crippen LogP contribution in [-0.4, -0.2) is 48.1 Å². The molecular weight excluding hydrogens is 178 g/mol. The van der Waals surface area contributed by atoms with Gasteiger partial charge in [0.05, 0.1) is 0 Å².